The van der Waals surface area contributed by atoms with Crippen molar-refractivity contribution >= 4 is 12.6 Å². The van der Waals surface area contributed by atoms with Crippen LogP contribution in [0.2, 0.25) is 0 Å². The lowest BCUT2D eigenvalue weighted by Gasteiger charge is -2.30. The molecule has 12 heavy (non-hydrogen) atoms. The third-order valence-corrected chi connectivity index (χ3v) is 2.62. The van der Waals surface area contributed by atoms with Crippen LogP contribution in [0.3, 0.4) is 0 Å². The fourth-order valence-electron chi connectivity index (χ4n) is 1.43. The number of nitrogens with zero attached hydrogens (tertiary/aromatic N) is 2. The van der Waals surface area contributed by atoms with E-state index >= 15 is 0 Å². The Bertz CT molecular complexity index is 264. The first-order valence-corrected chi connectivity index (χ1v) is 4.45. The van der Waals surface area contributed by atoms with Crippen LogP contribution < -0.4 is 0 Å². The molecule has 0 aromatic rings. The summed E-state index contributed by atoms with van der Waals surface area (Å²) in [5.74, 6) is 0. The molecule has 1 rings (SSSR count). The van der Waals surface area contributed by atoms with E-state index in [9.17, 15) is 0 Å². The first kappa shape index (κ1) is 9.16. The molecule has 1 fully saturated rings. The molecule has 0 radical (unpaired) electrons. The fourth-order valence-corrected chi connectivity index (χ4v) is 1.84. The molecule has 0 spiro atoms. The second-order valence-electron chi connectivity index (χ2n) is 2.86. The molecule has 0 aromatic heterocycles. The molecular formula is C9H9N2S-. The lowest BCUT2D eigenvalue weighted by Crippen LogP contribution is -2.14. The van der Waals surface area contributed by atoms with E-state index in [-0.39, 0.29) is 10.8 Å². The van der Waals surface area contributed by atoms with Crippen molar-refractivity contribution in [3.8, 4) is 12.1 Å². The molecular weight excluding hydrogens is 168 g/mol. The molecule has 62 valence electrons. The van der Waals surface area contributed by atoms with Crippen LogP contribution in [0.25, 0.3) is 0 Å². The highest BCUT2D eigenvalue weighted by Gasteiger charge is 2.12. The smallest absolute Gasteiger partial charge is 0.127 e. The number of hydrogen-bond donors (Lipinski definition) is 0. The molecule has 0 bridgehead atoms. The Labute approximate surface area is 77.9 Å². The largest absolute Gasteiger partial charge is 0.785 e. The SMILES string of the molecule is N#CC(C#N)=C1CCCCC1[S-]. The van der Waals surface area contributed by atoms with Crippen LogP contribution in [0.1, 0.15) is 25.7 Å². The molecule has 0 saturated heterocycles. The number of rotatable bonds is 0. The average Bonchev–Trinajstić information content (AvgIpc) is 2.10. The Hall–Kier alpha value is -0.930. The highest BCUT2D eigenvalue weighted by atomic mass is 32.1. The van der Waals surface area contributed by atoms with Gasteiger partial charge in [-0.2, -0.15) is 10.5 Å². The standard InChI is InChI=1S/C9H10N2S/c10-5-7(6-11)8-3-1-2-4-9(8)12/h9,12H,1-4H2/p-1. The van der Waals surface area contributed by atoms with E-state index in [4.69, 9.17) is 23.2 Å². The van der Waals surface area contributed by atoms with Gasteiger partial charge in [0.15, 0.2) is 0 Å². The van der Waals surface area contributed by atoms with Crippen LogP contribution in [-0.4, -0.2) is 5.25 Å². The Morgan fingerprint density at radius 3 is 2.50 bits per heavy atom. The van der Waals surface area contributed by atoms with Gasteiger partial charge in [0, 0.05) is 0 Å². The molecule has 0 amide bonds. The molecule has 1 aliphatic carbocycles. The minimum absolute atomic E-state index is 0.0213. The first-order valence-electron chi connectivity index (χ1n) is 3.98. The topological polar surface area (TPSA) is 47.6 Å². The lowest BCUT2D eigenvalue weighted by atomic mass is 9.91. The van der Waals surface area contributed by atoms with Gasteiger partial charge >= 0.3 is 0 Å². The second kappa shape index (κ2) is 4.18. The zero-order valence-corrected chi connectivity index (χ0v) is 7.52. The van der Waals surface area contributed by atoms with Crippen molar-refractivity contribution in [1.29, 1.82) is 10.5 Å². The van der Waals surface area contributed by atoms with Crippen LogP contribution in [0.4, 0.5) is 0 Å². The lowest BCUT2D eigenvalue weighted by molar-refractivity contribution is 0.608. The molecule has 0 aliphatic heterocycles. The van der Waals surface area contributed by atoms with Gasteiger partial charge in [-0.05, 0) is 12.8 Å². The summed E-state index contributed by atoms with van der Waals surface area (Å²) < 4.78 is 0. The van der Waals surface area contributed by atoms with Gasteiger partial charge in [0.25, 0.3) is 0 Å². The molecule has 3 heteroatoms. The third-order valence-electron chi connectivity index (χ3n) is 2.10. The summed E-state index contributed by atoms with van der Waals surface area (Å²) in [7, 11) is 0. The number of allylic oxidation sites excluding steroid dienone is 1. The van der Waals surface area contributed by atoms with Gasteiger partial charge in [-0.3, -0.25) is 0 Å². The van der Waals surface area contributed by atoms with Gasteiger partial charge in [0.05, 0.1) is 0 Å². The molecule has 1 unspecified atom stereocenters. The third kappa shape index (κ3) is 1.81. The molecule has 0 aromatic carbocycles. The first-order chi connectivity index (χ1) is 5.79. The Morgan fingerprint density at radius 1 is 1.33 bits per heavy atom. The highest BCUT2D eigenvalue weighted by molar-refractivity contribution is 7.59. The monoisotopic (exact) mass is 177 g/mol. The Kier molecular flexibility index (Phi) is 3.19. The summed E-state index contributed by atoms with van der Waals surface area (Å²) in [4.78, 5) is 0. The predicted molar refractivity (Wildman–Crippen MR) is 47.9 cm³/mol. The predicted octanol–water partition coefficient (Wildman–Crippen LogP) is 1.82. The molecule has 1 atom stereocenters. The van der Waals surface area contributed by atoms with Gasteiger partial charge in [0.2, 0.25) is 0 Å². The van der Waals surface area contributed by atoms with E-state index in [1.807, 2.05) is 12.1 Å². The maximum absolute atomic E-state index is 8.62. The van der Waals surface area contributed by atoms with Crippen LogP contribution >= 0.6 is 0 Å². The second-order valence-corrected chi connectivity index (χ2v) is 3.43. The quantitative estimate of drug-likeness (QED) is 0.419. The van der Waals surface area contributed by atoms with E-state index in [0.717, 1.165) is 31.3 Å². The van der Waals surface area contributed by atoms with Crippen molar-refractivity contribution in [2.24, 2.45) is 0 Å². The van der Waals surface area contributed by atoms with Crippen LogP contribution in [0, 0.1) is 22.7 Å². The summed E-state index contributed by atoms with van der Waals surface area (Å²) in [5, 5.41) is 17.3. The minimum Gasteiger partial charge on any atom is -0.785 e. The van der Waals surface area contributed by atoms with Crippen molar-refractivity contribution in [2.45, 2.75) is 30.9 Å². The van der Waals surface area contributed by atoms with Gasteiger partial charge in [-0.25, -0.2) is 0 Å². The van der Waals surface area contributed by atoms with Crippen LogP contribution in [-0.2, 0) is 12.6 Å². The van der Waals surface area contributed by atoms with E-state index in [1.54, 1.807) is 0 Å². The van der Waals surface area contributed by atoms with Crippen molar-refractivity contribution in [3.63, 3.8) is 0 Å². The van der Waals surface area contributed by atoms with Crippen molar-refractivity contribution in [1.82, 2.24) is 0 Å². The van der Waals surface area contributed by atoms with Gasteiger partial charge < -0.3 is 12.6 Å². The van der Waals surface area contributed by atoms with E-state index in [0.29, 0.717) is 0 Å². The zero-order valence-electron chi connectivity index (χ0n) is 6.71. The van der Waals surface area contributed by atoms with Crippen LogP contribution in [0.15, 0.2) is 11.1 Å². The summed E-state index contributed by atoms with van der Waals surface area (Å²) >= 11 is 5.16. The maximum atomic E-state index is 8.62. The van der Waals surface area contributed by atoms with Gasteiger partial charge in [-0.1, -0.05) is 18.4 Å². The molecule has 0 N–H and O–H groups in total. The maximum Gasteiger partial charge on any atom is 0.127 e. The number of nitriles is 2. The summed E-state index contributed by atoms with van der Waals surface area (Å²) in [6, 6.07) is 3.81. The molecule has 1 saturated carbocycles. The van der Waals surface area contributed by atoms with E-state index in [2.05, 4.69) is 0 Å². The average molecular weight is 177 g/mol. The Morgan fingerprint density at radius 2 is 2.00 bits per heavy atom. The molecule has 2 nitrogen and oxygen atoms in total. The Balaban J connectivity index is 2.92. The van der Waals surface area contributed by atoms with E-state index in [1.165, 1.54) is 0 Å². The van der Waals surface area contributed by atoms with Crippen molar-refractivity contribution in [2.75, 3.05) is 0 Å². The van der Waals surface area contributed by atoms with Gasteiger partial charge in [0.1, 0.15) is 17.7 Å². The number of hydrogen-bond acceptors (Lipinski definition) is 3. The molecule has 1 aliphatic rings. The van der Waals surface area contributed by atoms with Crippen molar-refractivity contribution in [3.05, 3.63) is 11.1 Å². The summed E-state index contributed by atoms with van der Waals surface area (Å²) in [6.07, 6.45) is 3.97. The summed E-state index contributed by atoms with van der Waals surface area (Å²) in [5.41, 5.74) is 1.14. The van der Waals surface area contributed by atoms with Gasteiger partial charge in [-0.15, -0.1) is 5.25 Å². The summed E-state index contributed by atoms with van der Waals surface area (Å²) in [6.45, 7) is 0. The fraction of sp³-hybridized carbons (Fsp3) is 0.556. The molecule has 0 heterocycles. The van der Waals surface area contributed by atoms with E-state index < -0.39 is 0 Å². The minimum atomic E-state index is 0.0213. The van der Waals surface area contributed by atoms with Crippen molar-refractivity contribution < 1.29 is 0 Å². The van der Waals surface area contributed by atoms with Crippen LogP contribution in [0.5, 0.6) is 0 Å². The zero-order chi connectivity index (χ0) is 8.97. The normalized spacial score (nSPS) is 22.6. The highest BCUT2D eigenvalue weighted by Crippen LogP contribution is 2.26.